The number of esters is 1. The van der Waals surface area contributed by atoms with Crippen LogP contribution >= 0.6 is 0 Å². The summed E-state index contributed by atoms with van der Waals surface area (Å²) in [7, 11) is 0. The van der Waals surface area contributed by atoms with Crippen molar-refractivity contribution in [2.75, 3.05) is 6.61 Å². The highest BCUT2D eigenvalue weighted by atomic mass is 16.5. The van der Waals surface area contributed by atoms with Crippen LogP contribution < -0.4 is 0 Å². The van der Waals surface area contributed by atoms with E-state index in [1.165, 1.54) is 42.9 Å². The molecule has 0 spiro atoms. The maximum atomic E-state index is 10.7. The predicted molar refractivity (Wildman–Crippen MR) is 103 cm³/mol. The Bertz CT molecular complexity index is 595. The third kappa shape index (κ3) is 7.16. The maximum Gasteiger partial charge on any atom is 0.302 e. The molecule has 2 heteroatoms. The highest BCUT2D eigenvalue weighted by molar-refractivity contribution is 5.66. The molecule has 0 unspecified atom stereocenters. The molecule has 24 heavy (non-hydrogen) atoms. The largest absolute Gasteiger partial charge is 0.462 e. The molecule has 0 aromatic carbocycles. The Morgan fingerprint density at radius 1 is 1.17 bits per heavy atom. The summed E-state index contributed by atoms with van der Waals surface area (Å²) in [6.07, 6.45) is 16.3. The topological polar surface area (TPSA) is 26.3 Å². The van der Waals surface area contributed by atoms with Gasteiger partial charge in [-0.15, -0.1) is 0 Å². The molecule has 0 heterocycles. The van der Waals surface area contributed by atoms with E-state index in [1.807, 2.05) is 25.2 Å². The molecular formula is C22H32O2. The lowest BCUT2D eigenvalue weighted by atomic mass is 9.73. The molecule has 1 rings (SSSR count). The van der Waals surface area contributed by atoms with Gasteiger partial charge in [0.2, 0.25) is 0 Å². The Morgan fingerprint density at radius 2 is 1.88 bits per heavy atom. The molecule has 2 nitrogen and oxygen atoms in total. The Morgan fingerprint density at radius 3 is 2.54 bits per heavy atom. The molecule has 0 saturated heterocycles. The molecule has 0 atom stereocenters. The van der Waals surface area contributed by atoms with Crippen molar-refractivity contribution < 1.29 is 9.53 Å². The molecule has 0 aliphatic heterocycles. The van der Waals surface area contributed by atoms with Crippen LogP contribution in [0.25, 0.3) is 0 Å². The van der Waals surface area contributed by atoms with Crippen LogP contribution in [-0.2, 0) is 9.53 Å². The first-order valence-electron chi connectivity index (χ1n) is 8.76. The molecule has 0 amide bonds. The Labute approximate surface area is 147 Å². The number of carbonyl (C=O) groups excluding carboxylic acids is 1. The maximum absolute atomic E-state index is 10.7. The summed E-state index contributed by atoms with van der Waals surface area (Å²) in [6, 6.07) is 0. The number of allylic oxidation sites excluding steroid dienone is 9. The van der Waals surface area contributed by atoms with Crippen molar-refractivity contribution in [1.29, 1.82) is 0 Å². The second-order valence-electron chi connectivity index (χ2n) is 7.24. The van der Waals surface area contributed by atoms with E-state index in [4.69, 9.17) is 4.74 Å². The van der Waals surface area contributed by atoms with Crippen LogP contribution in [0.15, 0.2) is 58.7 Å². The first-order chi connectivity index (χ1) is 11.2. The second-order valence-corrected chi connectivity index (χ2v) is 7.24. The summed E-state index contributed by atoms with van der Waals surface area (Å²) in [5.41, 5.74) is 5.65. The van der Waals surface area contributed by atoms with Gasteiger partial charge < -0.3 is 4.74 Å². The lowest BCUT2D eigenvalue weighted by molar-refractivity contribution is -0.139. The summed E-state index contributed by atoms with van der Waals surface area (Å²) < 4.78 is 4.89. The van der Waals surface area contributed by atoms with E-state index in [0.717, 1.165) is 5.57 Å². The predicted octanol–water partition coefficient (Wildman–Crippen LogP) is 6.08. The van der Waals surface area contributed by atoms with E-state index < -0.39 is 0 Å². The summed E-state index contributed by atoms with van der Waals surface area (Å²) in [5, 5.41) is 0. The van der Waals surface area contributed by atoms with Gasteiger partial charge in [-0.1, -0.05) is 60.9 Å². The van der Waals surface area contributed by atoms with Crippen LogP contribution in [0.4, 0.5) is 0 Å². The highest BCUT2D eigenvalue weighted by Gasteiger charge is 2.25. The van der Waals surface area contributed by atoms with E-state index in [0.29, 0.717) is 12.0 Å². The van der Waals surface area contributed by atoms with E-state index in [2.05, 4.69) is 45.9 Å². The number of carbonyl (C=O) groups is 1. The van der Waals surface area contributed by atoms with Crippen molar-refractivity contribution in [3.63, 3.8) is 0 Å². The van der Waals surface area contributed by atoms with Crippen molar-refractivity contribution in [2.24, 2.45) is 5.41 Å². The fourth-order valence-corrected chi connectivity index (χ4v) is 2.74. The minimum Gasteiger partial charge on any atom is -0.462 e. The van der Waals surface area contributed by atoms with Gasteiger partial charge in [-0.25, -0.2) is 0 Å². The fraction of sp³-hybridized carbons (Fsp3) is 0.500. The molecule has 0 bridgehead atoms. The van der Waals surface area contributed by atoms with Gasteiger partial charge in [-0.3, -0.25) is 4.79 Å². The molecule has 0 N–H and O–H groups in total. The average molecular weight is 328 g/mol. The summed E-state index contributed by atoms with van der Waals surface area (Å²) in [5.74, 6) is -0.251. The lowest BCUT2D eigenvalue weighted by Crippen LogP contribution is -2.18. The second kappa shape index (κ2) is 9.46. The quantitative estimate of drug-likeness (QED) is 0.436. The minimum absolute atomic E-state index is 0.251. The molecule has 132 valence electrons. The summed E-state index contributed by atoms with van der Waals surface area (Å²) in [6.45, 7) is 12.8. The monoisotopic (exact) mass is 328 g/mol. The average Bonchev–Trinajstić information content (AvgIpc) is 2.48. The van der Waals surface area contributed by atoms with Gasteiger partial charge in [0.15, 0.2) is 0 Å². The van der Waals surface area contributed by atoms with E-state index >= 15 is 0 Å². The van der Waals surface area contributed by atoms with Crippen molar-refractivity contribution in [3.8, 4) is 0 Å². The Hall–Kier alpha value is -1.83. The number of rotatable bonds is 6. The van der Waals surface area contributed by atoms with E-state index in [9.17, 15) is 4.79 Å². The zero-order valence-corrected chi connectivity index (χ0v) is 16.1. The van der Waals surface area contributed by atoms with Gasteiger partial charge in [-0.05, 0) is 57.1 Å². The van der Waals surface area contributed by atoms with Gasteiger partial charge in [0, 0.05) is 6.92 Å². The molecule has 0 radical (unpaired) electrons. The van der Waals surface area contributed by atoms with E-state index in [-0.39, 0.29) is 5.97 Å². The molecular weight excluding hydrogens is 296 g/mol. The highest BCUT2D eigenvalue weighted by Crippen LogP contribution is 2.40. The van der Waals surface area contributed by atoms with Crippen LogP contribution in [0, 0.1) is 5.41 Å². The van der Waals surface area contributed by atoms with Gasteiger partial charge >= 0.3 is 5.97 Å². The minimum atomic E-state index is -0.251. The van der Waals surface area contributed by atoms with Gasteiger partial charge in [0.25, 0.3) is 0 Å². The molecule has 0 saturated carbocycles. The van der Waals surface area contributed by atoms with Crippen molar-refractivity contribution in [1.82, 2.24) is 0 Å². The van der Waals surface area contributed by atoms with Crippen molar-refractivity contribution in [3.05, 3.63) is 58.7 Å². The number of ether oxygens (including phenoxy) is 1. The summed E-state index contributed by atoms with van der Waals surface area (Å²) in [4.78, 5) is 10.7. The Kier molecular flexibility index (Phi) is 7.97. The first kappa shape index (κ1) is 20.2. The van der Waals surface area contributed by atoms with Crippen LogP contribution in [0.3, 0.4) is 0 Å². The van der Waals surface area contributed by atoms with Crippen molar-refractivity contribution in [2.45, 2.75) is 60.8 Å². The number of hydrogen-bond acceptors (Lipinski definition) is 2. The third-order valence-corrected chi connectivity index (χ3v) is 4.70. The van der Waals surface area contributed by atoms with E-state index in [1.54, 1.807) is 0 Å². The SMILES string of the molecule is CC(=O)OC/C=C(C)/C=C/C=C(C)/C=C/C1=C(C)C(C)(C)CCC1. The van der Waals surface area contributed by atoms with Crippen LogP contribution in [0.5, 0.6) is 0 Å². The normalized spacial score (nSPS) is 19.4. The smallest absolute Gasteiger partial charge is 0.302 e. The lowest BCUT2D eigenvalue weighted by Gasteiger charge is -2.32. The Balaban J connectivity index is 2.64. The van der Waals surface area contributed by atoms with Crippen LogP contribution in [0.1, 0.15) is 60.8 Å². The zero-order valence-electron chi connectivity index (χ0n) is 16.1. The number of hydrogen-bond donors (Lipinski definition) is 0. The molecule has 0 fully saturated rings. The molecule has 1 aliphatic rings. The van der Waals surface area contributed by atoms with Crippen LogP contribution in [-0.4, -0.2) is 12.6 Å². The standard InChI is InChI=1S/C22H32O2/c1-17(9-7-10-18(2)14-16-24-20(4)23)12-13-21-11-8-15-22(5,6)19(21)3/h7,9-10,12-14H,8,11,15-16H2,1-6H3/b10-7+,13-12+,17-9+,18-14+. The van der Waals surface area contributed by atoms with Crippen molar-refractivity contribution >= 4 is 5.97 Å². The van der Waals surface area contributed by atoms with Gasteiger partial charge in [0.05, 0.1) is 0 Å². The summed E-state index contributed by atoms with van der Waals surface area (Å²) >= 11 is 0. The molecule has 0 aromatic rings. The van der Waals surface area contributed by atoms with Gasteiger partial charge in [-0.2, -0.15) is 0 Å². The third-order valence-electron chi connectivity index (χ3n) is 4.70. The first-order valence-corrected chi connectivity index (χ1v) is 8.76. The van der Waals surface area contributed by atoms with Crippen LogP contribution in [0.2, 0.25) is 0 Å². The molecule has 1 aliphatic carbocycles. The molecule has 0 aromatic heterocycles. The van der Waals surface area contributed by atoms with Gasteiger partial charge in [0.1, 0.15) is 6.61 Å². The zero-order chi connectivity index (χ0) is 18.2. The fourth-order valence-electron chi connectivity index (χ4n) is 2.74.